The zero-order valence-corrected chi connectivity index (χ0v) is 14.5. The molecule has 2 aromatic carbocycles. The van der Waals surface area contributed by atoms with Gasteiger partial charge in [0.05, 0.1) is 29.9 Å². The molecule has 0 bridgehead atoms. The van der Waals surface area contributed by atoms with E-state index in [1.165, 1.54) is 0 Å². The Morgan fingerprint density at radius 1 is 1.04 bits per heavy atom. The Balaban J connectivity index is 1.61. The van der Waals surface area contributed by atoms with Gasteiger partial charge in [0.15, 0.2) is 11.5 Å². The quantitative estimate of drug-likeness (QED) is 0.617. The lowest BCUT2D eigenvalue weighted by Crippen LogP contribution is -2.21. The van der Waals surface area contributed by atoms with Gasteiger partial charge < -0.3 is 9.47 Å². The summed E-state index contributed by atoms with van der Waals surface area (Å²) in [7, 11) is 0. The molecule has 3 aromatic rings. The van der Waals surface area contributed by atoms with Crippen molar-refractivity contribution in [2.24, 2.45) is 0 Å². The van der Waals surface area contributed by atoms with Gasteiger partial charge in [-0.25, -0.2) is 4.98 Å². The Morgan fingerprint density at radius 2 is 1.76 bits per heavy atom. The second-order valence-electron chi connectivity index (χ2n) is 6.08. The molecule has 0 radical (unpaired) electrons. The lowest BCUT2D eigenvalue weighted by Gasteiger charge is -2.15. The highest BCUT2D eigenvalue weighted by Gasteiger charge is 2.07. The standard InChI is InChI=1S/C20H22N2O3/c1-15(2)25-19-11-6-5-10-18(19)24-13-7-12-22-14-21-17-9-4-3-8-16(17)20(22)23/h3-6,8-11,14-15H,7,12-13H2,1-2H3. The maximum absolute atomic E-state index is 12.4. The van der Waals surface area contributed by atoms with Crippen LogP contribution >= 0.6 is 0 Å². The van der Waals surface area contributed by atoms with Crippen molar-refractivity contribution in [3.8, 4) is 11.5 Å². The lowest BCUT2D eigenvalue weighted by atomic mass is 10.2. The first-order valence-corrected chi connectivity index (χ1v) is 8.48. The minimum Gasteiger partial charge on any atom is -0.490 e. The number of para-hydroxylation sites is 3. The molecule has 130 valence electrons. The third-order valence-corrected chi connectivity index (χ3v) is 3.74. The van der Waals surface area contributed by atoms with E-state index in [1.807, 2.05) is 56.3 Å². The maximum atomic E-state index is 12.4. The highest BCUT2D eigenvalue weighted by Crippen LogP contribution is 2.27. The smallest absolute Gasteiger partial charge is 0.261 e. The van der Waals surface area contributed by atoms with E-state index in [2.05, 4.69) is 4.98 Å². The van der Waals surface area contributed by atoms with Crippen molar-refractivity contribution in [1.29, 1.82) is 0 Å². The van der Waals surface area contributed by atoms with Crippen molar-refractivity contribution in [3.05, 3.63) is 65.2 Å². The Kier molecular flexibility index (Phi) is 5.33. The topological polar surface area (TPSA) is 53.4 Å². The van der Waals surface area contributed by atoms with Crippen molar-refractivity contribution in [2.75, 3.05) is 6.61 Å². The van der Waals surface area contributed by atoms with E-state index in [-0.39, 0.29) is 11.7 Å². The molecular weight excluding hydrogens is 316 g/mol. The van der Waals surface area contributed by atoms with Crippen molar-refractivity contribution in [2.45, 2.75) is 32.9 Å². The van der Waals surface area contributed by atoms with Crippen molar-refractivity contribution < 1.29 is 9.47 Å². The average Bonchev–Trinajstić information content (AvgIpc) is 2.61. The summed E-state index contributed by atoms with van der Waals surface area (Å²) in [5, 5.41) is 0.640. The molecule has 0 fully saturated rings. The van der Waals surface area contributed by atoms with E-state index in [4.69, 9.17) is 9.47 Å². The third kappa shape index (κ3) is 4.18. The Morgan fingerprint density at radius 3 is 2.56 bits per heavy atom. The average molecular weight is 338 g/mol. The summed E-state index contributed by atoms with van der Waals surface area (Å²) in [4.78, 5) is 16.8. The van der Waals surface area contributed by atoms with Crippen LogP contribution in [0.3, 0.4) is 0 Å². The van der Waals surface area contributed by atoms with E-state index in [1.54, 1.807) is 17.0 Å². The minimum atomic E-state index is -0.0193. The molecule has 0 aliphatic heterocycles. The molecule has 5 heteroatoms. The highest BCUT2D eigenvalue weighted by molar-refractivity contribution is 5.76. The zero-order valence-electron chi connectivity index (χ0n) is 14.5. The molecule has 1 aromatic heterocycles. The van der Waals surface area contributed by atoms with Gasteiger partial charge in [-0.1, -0.05) is 24.3 Å². The van der Waals surface area contributed by atoms with Gasteiger partial charge in [-0.15, -0.1) is 0 Å². The van der Waals surface area contributed by atoms with Crippen molar-refractivity contribution >= 4 is 10.9 Å². The molecule has 0 amide bonds. The molecule has 3 rings (SSSR count). The molecule has 25 heavy (non-hydrogen) atoms. The Hall–Kier alpha value is -2.82. The van der Waals surface area contributed by atoms with Gasteiger partial charge in [0.25, 0.3) is 5.56 Å². The Labute approximate surface area is 146 Å². The van der Waals surface area contributed by atoms with E-state index in [0.29, 0.717) is 25.0 Å². The summed E-state index contributed by atoms with van der Waals surface area (Å²) in [5.41, 5.74) is 0.703. The predicted octanol–water partition coefficient (Wildman–Crippen LogP) is 3.65. The van der Waals surface area contributed by atoms with Gasteiger partial charge in [0.1, 0.15) is 0 Å². The zero-order chi connectivity index (χ0) is 17.6. The van der Waals surface area contributed by atoms with E-state index < -0.39 is 0 Å². The number of hydrogen-bond donors (Lipinski definition) is 0. The van der Waals surface area contributed by atoms with Gasteiger partial charge >= 0.3 is 0 Å². The predicted molar refractivity (Wildman–Crippen MR) is 98.3 cm³/mol. The third-order valence-electron chi connectivity index (χ3n) is 3.74. The SMILES string of the molecule is CC(C)Oc1ccccc1OCCCn1cnc2ccccc2c1=O. The molecule has 0 atom stereocenters. The molecule has 5 nitrogen and oxygen atoms in total. The monoisotopic (exact) mass is 338 g/mol. The second-order valence-corrected chi connectivity index (χ2v) is 6.08. The number of benzene rings is 2. The minimum absolute atomic E-state index is 0.0193. The second kappa shape index (κ2) is 7.83. The molecule has 0 aliphatic rings. The fraction of sp³-hybridized carbons (Fsp3) is 0.300. The van der Waals surface area contributed by atoms with Crippen LogP contribution in [0.4, 0.5) is 0 Å². The van der Waals surface area contributed by atoms with Crippen LogP contribution in [0, 0.1) is 0 Å². The number of ether oxygens (including phenoxy) is 2. The molecule has 1 heterocycles. The molecule has 0 N–H and O–H groups in total. The number of rotatable bonds is 7. The van der Waals surface area contributed by atoms with Crippen molar-refractivity contribution in [1.82, 2.24) is 9.55 Å². The van der Waals surface area contributed by atoms with Crippen LogP contribution in [0.15, 0.2) is 59.7 Å². The van der Waals surface area contributed by atoms with Crippen LogP contribution in [0.25, 0.3) is 10.9 Å². The van der Waals surface area contributed by atoms with Crippen LogP contribution in [-0.2, 0) is 6.54 Å². The summed E-state index contributed by atoms with van der Waals surface area (Å²) < 4.78 is 13.2. The molecule has 0 aliphatic carbocycles. The van der Waals surface area contributed by atoms with Crippen LogP contribution < -0.4 is 15.0 Å². The molecule has 0 saturated carbocycles. The largest absolute Gasteiger partial charge is 0.490 e. The van der Waals surface area contributed by atoms with Gasteiger partial charge in [0.2, 0.25) is 0 Å². The summed E-state index contributed by atoms with van der Waals surface area (Å²) in [6.45, 7) is 5.02. The molecule has 0 saturated heterocycles. The normalized spacial score (nSPS) is 11.0. The fourth-order valence-corrected chi connectivity index (χ4v) is 2.60. The van der Waals surface area contributed by atoms with Gasteiger partial charge in [0, 0.05) is 6.54 Å². The Bertz CT molecular complexity index is 903. The highest BCUT2D eigenvalue weighted by atomic mass is 16.5. The maximum Gasteiger partial charge on any atom is 0.261 e. The fourth-order valence-electron chi connectivity index (χ4n) is 2.60. The van der Waals surface area contributed by atoms with Crippen LogP contribution in [0.2, 0.25) is 0 Å². The summed E-state index contributed by atoms with van der Waals surface area (Å²) in [5.74, 6) is 1.46. The number of hydrogen-bond acceptors (Lipinski definition) is 4. The number of nitrogens with zero attached hydrogens (tertiary/aromatic N) is 2. The van der Waals surface area contributed by atoms with Gasteiger partial charge in [-0.3, -0.25) is 9.36 Å². The molecular formula is C20H22N2O3. The van der Waals surface area contributed by atoms with E-state index >= 15 is 0 Å². The molecule has 0 spiro atoms. The van der Waals surface area contributed by atoms with E-state index in [0.717, 1.165) is 17.0 Å². The van der Waals surface area contributed by atoms with E-state index in [9.17, 15) is 4.79 Å². The summed E-state index contributed by atoms with van der Waals surface area (Å²) >= 11 is 0. The summed E-state index contributed by atoms with van der Waals surface area (Å²) in [6.07, 6.45) is 2.39. The van der Waals surface area contributed by atoms with Crippen LogP contribution in [-0.4, -0.2) is 22.3 Å². The number of aryl methyl sites for hydroxylation is 1. The number of fused-ring (bicyclic) bond motifs is 1. The van der Waals surface area contributed by atoms with Crippen molar-refractivity contribution in [3.63, 3.8) is 0 Å². The first-order chi connectivity index (χ1) is 12.1. The van der Waals surface area contributed by atoms with Gasteiger partial charge in [-0.05, 0) is 44.5 Å². The first kappa shape index (κ1) is 17.0. The van der Waals surface area contributed by atoms with Gasteiger partial charge in [-0.2, -0.15) is 0 Å². The first-order valence-electron chi connectivity index (χ1n) is 8.48. The number of aromatic nitrogens is 2. The lowest BCUT2D eigenvalue weighted by molar-refractivity contribution is 0.219. The van der Waals surface area contributed by atoms with Crippen LogP contribution in [0.1, 0.15) is 20.3 Å². The van der Waals surface area contributed by atoms with Crippen LogP contribution in [0.5, 0.6) is 11.5 Å². The summed E-state index contributed by atoms with van der Waals surface area (Å²) in [6, 6.07) is 15.0. The molecule has 0 unspecified atom stereocenters.